The molecule has 1 nitrogen and oxygen atoms in total. The highest BCUT2D eigenvalue weighted by molar-refractivity contribution is 5.81. The van der Waals surface area contributed by atoms with E-state index in [0.29, 0.717) is 0 Å². The molecule has 1 heteroatoms. The van der Waals surface area contributed by atoms with Gasteiger partial charge in [0, 0.05) is 11.8 Å². The first kappa shape index (κ1) is 7.41. The van der Waals surface area contributed by atoms with Crippen molar-refractivity contribution in [2.24, 2.45) is 0 Å². The van der Waals surface area contributed by atoms with Gasteiger partial charge in [-0.15, -0.1) is 0 Å². The van der Waals surface area contributed by atoms with Crippen LogP contribution in [0.15, 0.2) is 28.7 Å². The van der Waals surface area contributed by atoms with Gasteiger partial charge in [0.15, 0.2) is 0 Å². The van der Waals surface area contributed by atoms with E-state index in [4.69, 9.17) is 4.42 Å². The van der Waals surface area contributed by atoms with E-state index < -0.39 is 0 Å². The maximum Gasteiger partial charge on any atom is 0.134 e. The standard InChI is InChI=1S/C11H11O/c1-3-10-8(2)9-6-4-5-7-11(9)12-10/h4-7H,1,3H2,2H3. The van der Waals surface area contributed by atoms with Crippen LogP contribution in [0.5, 0.6) is 0 Å². The third-order valence-corrected chi connectivity index (χ3v) is 2.17. The van der Waals surface area contributed by atoms with Crippen LogP contribution in [0.1, 0.15) is 11.3 Å². The first-order valence-electron chi connectivity index (χ1n) is 4.09. The molecule has 0 aliphatic heterocycles. The van der Waals surface area contributed by atoms with E-state index in [1.807, 2.05) is 18.2 Å². The maximum atomic E-state index is 5.59. The van der Waals surface area contributed by atoms with Gasteiger partial charge in [0.05, 0.1) is 0 Å². The summed E-state index contributed by atoms with van der Waals surface area (Å²) in [7, 11) is 0. The fraction of sp³-hybridized carbons (Fsp3) is 0.182. The van der Waals surface area contributed by atoms with Gasteiger partial charge in [-0.2, -0.15) is 0 Å². The molecule has 0 atom stereocenters. The lowest BCUT2D eigenvalue weighted by Gasteiger charge is -1.88. The van der Waals surface area contributed by atoms with Crippen LogP contribution in [-0.4, -0.2) is 0 Å². The minimum Gasteiger partial charge on any atom is -0.461 e. The van der Waals surface area contributed by atoms with E-state index in [2.05, 4.69) is 19.9 Å². The molecule has 1 aromatic heterocycles. The molecule has 1 aromatic carbocycles. The van der Waals surface area contributed by atoms with Gasteiger partial charge in [-0.1, -0.05) is 18.2 Å². The lowest BCUT2D eigenvalue weighted by molar-refractivity contribution is 0.561. The summed E-state index contributed by atoms with van der Waals surface area (Å²) in [6.07, 6.45) is 0.723. The van der Waals surface area contributed by atoms with Crippen molar-refractivity contribution in [1.82, 2.24) is 0 Å². The summed E-state index contributed by atoms with van der Waals surface area (Å²) in [5, 5.41) is 1.20. The molecule has 0 unspecified atom stereocenters. The zero-order valence-electron chi connectivity index (χ0n) is 7.13. The number of furan rings is 1. The minimum atomic E-state index is 0.723. The molecule has 0 saturated carbocycles. The average Bonchev–Trinajstić information content (AvgIpc) is 2.44. The van der Waals surface area contributed by atoms with E-state index in [1.165, 1.54) is 10.9 Å². The molecular formula is C11H11O. The van der Waals surface area contributed by atoms with E-state index in [9.17, 15) is 0 Å². The average molecular weight is 159 g/mol. The van der Waals surface area contributed by atoms with Crippen molar-refractivity contribution in [2.75, 3.05) is 0 Å². The highest BCUT2D eigenvalue weighted by Crippen LogP contribution is 2.24. The monoisotopic (exact) mass is 159 g/mol. The second-order valence-electron chi connectivity index (χ2n) is 2.90. The zero-order chi connectivity index (χ0) is 8.55. The predicted molar refractivity (Wildman–Crippen MR) is 50.0 cm³/mol. The molecular weight excluding hydrogens is 148 g/mol. The molecule has 0 spiro atoms. The van der Waals surface area contributed by atoms with Crippen molar-refractivity contribution in [1.29, 1.82) is 0 Å². The van der Waals surface area contributed by atoms with Crippen LogP contribution < -0.4 is 0 Å². The number of rotatable bonds is 1. The smallest absolute Gasteiger partial charge is 0.134 e. The van der Waals surface area contributed by atoms with Crippen molar-refractivity contribution in [3.8, 4) is 0 Å². The molecule has 0 saturated heterocycles. The predicted octanol–water partition coefficient (Wildman–Crippen LogP) is 3.12. The lowest BCUT2D eigenvalue weighted by atomic mass is 10.1. The third-order valence-electron chi connectivity index (χ3n) is 2.17. The molecule has 1 radical (unpaired) electrons. The van der Waals surface area contributed by atoms with Crippen molar-refractivity contribution >= 4 is 11.0 Å². The largest absolute Gasteiger partial charge is 0.461 e. The van der Waals surface area contributed by atoms with Crippen molar-refractivity contribution in [3.63, 3.8) is 0 Å². The second-order valence-corrected chi connectivity index (χ2v) is 2.90. The van der Waals surface area contributed by atoms with Gasteiger partial charge >= 0.3 is 0 Å². The third kappa shape index (κ3) is 0.934. The Hall–Kier alpha value is -1.24. The molecule has 0 aliphatic carbocycles. The van der Waals surface area contributed by atoms with E-state index in [0.717, 1.165) is 17.8 Å². The summed E-state index contributed by atoms with van der Waals surface area (Å²) in [5.74, 6) is 0.996. The van der Waals surface area contributed by atoms with Crippen LogP contribution in [0, 0.1) is 13.8 Å². The maximum absolute atomic E-state index is 5.59. The normalized spacial score (nSPS) is 10.8. The SMILES string of the molecule is [CH2]Cc1oc2ccccc2c1C. The van der Waals surface area contributed by atoms with E-state index >= 15 is 0 Å². The molecule has 0 amide bonds. The molecule has 61 valence electrons. The van der Waals surface area contributed by atoms with Crippen LogP contribution in [0.3, 0.4) is 0 Å². The second kappa shape index (κ2) is 2.67. The highest BCUT2D eigenvalue weighted by Gasteiger charge is 2.06. The molecule has 12 heavy (non-hydrogen) atoms. The van der Waals surface area contributed by atoms with Crippen LogP contribution in [-0.2, 0) is 6.42 Å². The summed E-state index contributed by atoms with van der Waals surface area (Å²) in [6, 6.07) is 8.07. The van der Waals surface area contributed by atoms with Crippen molar-refractivity contribution in [3.05, 3.63) is 42.5 Å². The molecule has 1 heterocycles. The summed E-state index contributed by atoms with van der Waals surface area (Å²) < 4.78 is 5.59. The molecule has 0 N–H and O–H groups in total. The zero-order valence-corrected chi connectivity index (χ0v) is 7.13. The van der Waals surface area contributed by atoms with E-state index in [-0.39, 0.29) is 0 Å². The van der Waals surface area contributed by atoms with Gasteiger partial charge in [-0.3, -0.25) is 0 Å². The van der Waals surface area contributed by atoms with Crippen molar-refractivity contribution < 1.29 is 4.42 Å². The van der Waals surface area contributed by atoms with Gasteiger partial charge in [-0.05, 0) is 25.5 Å². The van der Waals surface area contributed by atoms with Gasteiger partial charge in [0.25, 0.3) is 0 Å². The number of hydrogen-bond donors (Lipinski definition) is 0. The molecule has 0 fully saturated rings. The van der Waals surface area contributed by atoms with Crippen molar-refractivity contribution in [2.45, 2.75) is 13.3 Å². The Morgan fingerprint density at radius 3 is 2.75 bits per heavy atom. The molecule has 0 bridgehead atoms. The summed E-state index contributed by atoms with van der Waals surface area (Å²) >= 11 is 0. The van der Waals surface area contributed by atoms with Gasteiger partial charge in [0.1, 0.15) is 11.3 Å². The quantitative estimate of drug-likeness (QED) is 0.623. The Morgan fingerprint density at radius 1 is 1.33 bits per heavy atom. The lowest BCUT2D eigenvalue weighted by Crippen LogP contribution is -1.77. The number of para-hydroxylation sites is 1. The summed E-state index contributed by atoms with van der Waals surface area (Å²) in [4.78, 5) is 0. The number of hydrogen-bond acceptors (Lipinski definition) is 1. The van der Waals surface area contributed by atoms with Crippen LogP contribution >= 0.6 is 0 Å². The fourth-order valence-corrected chi connectivity index (χ4v) is 1.46. The Kier molecular flexibility index (Phi) is 1.65. The number of fused-ring (bicyclic) bond motifs is 1. The van der Waals surface area contributed by atoms with Gasteiger partial charge < -0.3 is 4.42 Å². The topological polar surface area (TPSA) is 13.1 Å². The number of benzene rings is 1. The molecule has 0 aliphatic rings. The van der Waals surface area contributed by atoms with Crippen LogP contribution in [0.4, 0.5) is 0 Å². The summed E-state index contributed by atoms with van der Waals surface area (Å²) in [5.41, 5.74) is 2.19. The highest BCUT2D eigenvalue weighted by atomic mass is 16.3. The first-order chi connectivity index (χ1) is 5.83. The van der Waals surface area contributed by atoms with Crippen LogP contribution in [0.25, 0.3) is 11.0 Å². The molecule has 2 aromatic rings. The van der Waals surface area contributed by atoms with Gasteiger partial charge in [-0.25, -0.2) is 0 Å². The Balaban J connectivity index is 2.78. The van der Waals surface area contributed by atoms with Gasteiger partial charge in [0.2, 0.25) is 0 Å². The number of aryl methyl sites for hydroxylation is 1. The fourth-order valence-electron chi connectivity index (χ4n) is 1.46. The van der Waals surface area contributed by atoms with Crippen LogP contribution in [0.2, 0.25) is 0 Å². The Bertz CT molecular complexity index is 398. The Labute approximate surface area is 72.0 Å². The Morgan fingerprint density at radius 2 is 2.08 bits per heavy atom. The van der Waals surface area contributed by atoms with E-state index in [1.54, 1.807) is 0 Å². The summed E-state index contributed by atoms with van der Waals surface area (Å²) in [6.45, 7) is 5.89. The minimum absolute atomic E-state index is 0.723. The molecule has 2 rings (SSSR count). The first-order valence-corrected chi connectivity index (χ1v) is 4.09.